The van der Waals surface area contributed by atoms with Gasteiger partial charge in [0.05, 0.1) is 11.9 Å². The first kappa shape index (κ1) is 20.9. The van der Waals surface area contributed by atoms with Crippen molar-refractivity contribution in [1.82, 2.24) is 0 Å². The standard InChI is InChI=1S/C21H25N3O4S/c1-15-6-10-19(11-7-15)24(29(3,27)28)16(2)21(26)22-17-8-12-18(13-9-17)23-14-4-5-20(23)25/h6-13,16H,4-5,14H2,1-3H3,(H,22,26)/t16-/m1/s1. The summed E-state index contributed by atoms with van der Waals surface area (Å²) in [5.41, 5.74) is 2.75. The monoisotopic (exact) mass is 415 g/mol. The predicted molar refractivity (Wildman–Crippen MR) is 115 cm³/mol. The SMILES string of the molecule is Cc1ccc(N([C@H](C)C(=O)Nc2ccc(N3CCCC3=O)cc2)S(C)(=O)=O)cc1. The molecule has 1 aliphatic rings. The van der Waals surface area contributed by atoms with Gasteiger partial charge in [-0.2, -0.15) is 0 Å². The summed E-state index contributed by atoms with van der Waals surface area (Å²) in [6, 6.07) is 13.0. The van der Waals surface area contributed by atoms with Crippen molar-refractivity contribution >= 4 is 38.9 Å². The Hall–Kier alpha value is -2.87. The second-order valence-corrected chi connectivity index (χ2v) is 9.11. The van der Waals surface area contributed by atoms with E-state index in [0.717, 1.165) is 28.2 Å². The molecule has 1 saturated heterocycles. The van der Waals surface area contributed by atoms with Crippen molar-refractivity contribution in [2.75, 3.05) is 27.3 Å². The maximum atomic E-state index is 12.8. The first-order valence-corrected chi connectivity index (χ1v) is 11.3. The van der Waals surface area contributed by atoms with Crippen LogP contribution in [0.1, 0.15) is 25.3 Å². The number of nitrogens with one attached hydrogen (secondary N) is 1. The van der Waals surface area contributed by atoms with Gasteiger partial charge in [0.1, 0.15) is 6.04 Å². The van der Waals surface area contributed by atoms with E-state index in [4.69, 9.17) is 0 Å². The highest BCUT2D eigenvalue weighted by Gasteiger charge is 2.29. The maximum Gasteiger partial charge on any atom is 0.247 e. The van der Waals surface area contributed by atoms with Crippen molar-refractivity contribution < 1.29 is 18.0 Å². The van der Waals surface area contributed by atoms with E-state index in [9.17, 15) is 18.0 Å². The number of benzene rings is 2. The van der Waals surface area contributed by atoms with Crippen LogP contribution in [0.3, 0.4) is 0 Å². The topological polar surface area (TPSA) is 86.8 Å². The fourth-order valence-electron chi connectivity index (χ4n) is 3.39. The minimum atomic E-state index is -3.66. The Morgan fingerprint density at radius 2 is 1.72 bits per heavy atom. The van der Waals surface area contributed by atoms with Crippen molar-refractivity contribution in [2.45, 2.75) is 32.7 Å². The Morgan fingerprint density at radius 3 is 2.24 bits per heavy atom. The van der Waals surface area contributed by atoms with Gasteiger partial charge >= 0.3 is 0 Å². The van der Waals surface area contributed by atoms with Crippen molar-refractivity contribution in [3.63, 3.8) is 0 Å². The number of nitrogens with zero attached hydrogens (tertiary/aromatic N) is 2. The van der Waals surface area contributed by atoms with Gasteiger partial charge in [0.15, 0.2) is 0 Å². The molecule has 0 spiro atoms. The molecule has 7 nitrogen and oxygen atoms in total. The zero-order valence-electron chi connectivity index (χ0n) is 16.8. The van der Waals surface area contributed by atoms with Gasteiger partial charge in [-0.15, -0.1) is 0 Å². The van der Waals surface area contributed by atoms with E-state index in [1.54, 1.807) is 60.4 Å². The normalized spacial score (nSPS) is 15.3. The third-order valence-electron chi connectivity index (χ3n) is 4.90. The molecule has 2 aromatic carbocycles. The van der Waals surface area contributed by atoms with Gasteiger partial charge in [-0.1, -0.05) is 17.7 Å². The van der Waals surface area contributed by atoms with Crippen LogP contribution >= 0.6 is 0 Å². The van der Waals surface area contributed by atoms with Crippen molar-refractivity contribution in [3.8, 4) is 0 Å². The predicted octanol–water partition coefficient (Wildman–Crippen LogP) is 2.92. The van der Waals surface area contributed by atoms with E-state index < -0.39 is 22.0 Å². The Bertz CT molecular complexity index is 1000. The van der Waals surface area contributed by atoms with Crippen LogP contribution in [0.5, 0.6) is 0 Å². The number of sulfonamides is 1. The molecule has 2 amide bonds. The molecule has 0 aromatic heterocycles. The molecule has 1 heterocycles. The van der Waals surface area contributed by atoms with Gasteiger partial charge in [0.2, 0.25) is 21.8 Å². The Labute approximate surface area is 171 Å². The summed E-state index contributed by atoms with van der Waals surface area (Å²) in [6.07, 6.45) is 2.48. The molecular formula is C21H25N3O4S. The molecule has 0 bridgehead atoms. The minimum absolute atomic E-state index is 0.0947. The Balaban J connectivity index is 1.76. The van der Waals surface area contributed by atoms with Crippen molar-refractivity contribution in [2.24, 2.45) is 0 Å². The van der Waals surface area contributed by atoms with E-state index >= 15 is 0 Å². The number of aryl methyl sites for hydroxylation is 1. The first-order chi connectivity index (χ1) is 13.7. The molecule has 154 valence electrons. The molecule has 3 rings (SSSR count). The summed E-state index contributed by atoms with van der Waals surface area (Å²) in [5.74, 6) is -0.349. The molecule has 8 heteroatoms. The summed E-state index contributed by atoms with van der Waals surface area (Å²) in [6.45, 7) is 4.15. The molecule has 0 unspecified atom stereocenters. The molecule has 1 fully saturated rings. The summed E-state index contributed by atoms with van der Waals surface area (Å²) >= 11 is 0. The van der Waals surface area contributed by atoms with E-state index in [0.29, 0.717) is 24.3 Å². The molecule has 1 atom stereocenters. The van der Waals surface area contributed by atoms with Gasteiger partial charge in [-0.3, -0.25) is 13.9 Å². The molecule has 1 aliphatic heterocycles. The largest absolute Gasteiger partial charge is 0.324 e. The first-order valence-electron chi connectivity index (χ1n) is 9.44. The molecule has 0 saturated carbocycles. The quantitative estimate of drug-likeness (QED) is 0.786. The van der Waals surface area contributed by atoms with Crippen molar-refractivity contribution in [1.29, 1.82) is 0 Å². The number of rotatable bonds is 6. The minimum Gasteiger partial charge on any atom is -0.324 e. The summed E-state index contributed by atoms with van der Waals surface area (Å²) < 4.78 is 25.8. The lowest BCUT2D eigenvalue weighted by Gasteiger charge is -2.28. The fourth-order valence-corrected chi connectivity index (χ4v) is 4.57. The van der Waals surface area contributed by atoms with Gasteiger partial charge in [-0.05, 0) is 56.7 Å². The lowest BCUT2D eigenvalue weighted by Crippen LogP contribution is -2.45. The second kappa shape index (κ2) is 8.24. The highest BCUT2D eigenvalue weighted by molar-refractivity contribution is 7.92. The molecule has 2 aromatic rings. The Kier molecular flexibility index (Phi) is 5.93. The van der Waals surface area contributed by atoms with Gasteiger partial charge in [-0.25, -0.2) is 8.42 Å². The van der Waals surface area contributed by atoms with Crippen LogP contribution in [0.25, 0.3) is 0 Å². The van der Waals surface area contributed by atoms with E-state index in [1.165, 1.54) is 0 Å². The Morgan fingerprint density at radius 1 is 1.10 bits per heavy atom. The van der Waals surface area contributed by atoms with Crippen LogP contribution in [0.2, 0.25) is 0 Å². The maximum absolute atomic E-state index is 12.8. The molecule has 29 heavy (non-hydrogen) atoms. The highest BCUT2D eigenvalue weighted by atomic mass is 32.2. The summed E-state index contributed by atoms with van der Waals surface area (Å²) in [4.78, 5) is 26.3. The summed E-state index contributed by atoms with van der Waals surface area (Å²) in [7, 11) is -3.66. The number of hydrogen-bond acceptors (Lipinski definition) is 4. The molecule has 1 N–H and O–H groups in total. The van der Waals surface area contributed by atoms with Crippen LogP contribution in [0.15, 0.2) is 48.5 Å². The third-order valence-corrected chi connectivity index (χ3v) is 6.14. The molecule has 0 aliphatic carbocycles. The zero-order chi connectivity index (χ0) is 21.2. The van der Waals surface area contributed by atoms with Crippen LogP contribution < -0.4 is 14.5 Å². The van der Waals surface area contributed by atoms with Crippen LogP contribution in [-0.2, 0) is 19.6 Å². The van der Waals surface area contributed by atoms with Gasteiger partial charge in [0.25, 0.3) is 0 Å². The lowest BCUT2D eigenvalue weighted by atomic mass is 10.2. The zero-order valence-corrected chi connectivity index (χ0v) is 17.6. The number of carbonyl (C=O) groups excluding carboxylic acids is 2. The van der Waals surface area contributed by atoms with Gasteiger partial charge < -0.3 is 10.2 Å². The lowest BCUT2D eigenvalue weighted by molar-refractivity contribution is -0.117. The number of carbonyl (C=O) groups is 2. The van der Waals surface area contributed by atoms with Crippen LogP contribution in [-0.4, -0.2) is 39.1 Å². The second-order valence-electron chi connectivity index (χ2n) is 7.26. The van der Waals surface area contributed by atoms with E-state index in [-0.39, 0.29) is 5.91 Å². The highest BCUT2D eigenvalue weighted by Crippen LogP contribution is 2.25. The number of anilines is 3. The van der Waals surface area contributed by atoms with Gasteiger partial charge in [0, 0.05) is 24.3 Å². The average Bonchev–Trinajstić information content (AvgIpc) is 3.09. The number of hydrogen-bond donors (Lipinski definition) is 1. The molecule has 0 radical (unpaired) electrons. The van der Waals surface area contributed by atoms with Crippen molar-refractivity contribution in [3.05, 3.63) is 54.1 Å². The van der Waals surface area contributed by atoms with E-state index in [2.05, 4.69) is 5.32 Å². The molecular weight excluding hydrogens is 390 g/mol. The van der Waals surface area contributed by atoms with Crippen LogP contribution in [0.4, 0.5) is 17.1 Å². The third kappa shape index (κ3) is 4.76. The summed E-state index contributed by atoms with van der Waals surface area (Å²) in [5, 5.41) is 2.76. The number of amides is 2. The average molecular weight is 416 g/mol. The van der Waals surface area contributed by atoms with Crippen LogP contribution in [0, 0.1) is 6.92 Å². The van der Waals surface area contributed by atoms with E-state index in [1.807, 2.05) is 6.92 Å². The smallest absolute Gasteiger partial charge is 0.247 e. The fraction of sp³-hybridized carbons (Fsp3) is 0.333.